The molecule has 74 valence electrons. The lowest BCUT2D eigenvalue weighted by Gasteiger charge is -2.13. The highest BCUT2D eigenvalue weighted by Gasteiger charge is 2.09. The van der Waals surface area contributed by atoms with Crippen molar-refractivity contribution in [1.29, 1.82) is 0 Å². The fourth-order valence-corrected chi connectivity index (χ4v) is 0.612. The first kappa shape index (κ1) is 12.2. The van der Waals surface area contributed by atoms with E-state index in [-0.39, 0.29) is 5.60 Å². The lowest BCUT2D eigenvalue weighted by Crippen LogP contribution is -2.19. The Bertz CT molecular complexity index is 208. The third kappa shape index (κ3) is 7.58. The smallest absolute Gasteiger partial charge is 0.123 e. The van der Waals surface area contributed by atoms with E-state index in [1.807, 2.05) is 26.0 Å². The molecule has 0 spiro atoms. The van der Waals surface area contributed by atoms with Gasteiger partial charge in [0.25, 0.3) is 0 Å². The second-order valence-electron chi connectivity index (χ2n) is 3.19. The molecule has 0 rings (SSSR count). The topological polar surface area (TPSA) is 21.3 Å². The summed E-state index contributed by atoms with van der Waals surface area (Å²) < 4.78 is 5.14. The van der Waals surface area contributed by atoms with Crippen LogP contribution in [0.4, 0.5) is 0 Å². The van der Waals surface area contributed by atoms with Gasteiger partial charge < -0.3 is 10.1 Å². The highest BCUT2D eigenvalue weighted by Crippen LogP contribution is 2.03. The third-order valence-corrected chi connectivity index (χ3v) is 1.60. The molecule has 0 amide bonds. The molecule has 0 aromatic heterocycles. The van der Waals surface area contributed by atoms with Crippen molar-refractivity contribution in [3.05, 3.63) is 12.2 Å². The zero-order valence-electron chi connectivity index (χ0n) is 8.98. The average Bonchev–Trinajstić information content (AvgIpc) is 2.11. The Morgan fingerprint density at radius 2 is 2.15 bits per heavy atom. The number of nitrogens with one attached hydrogen (secondary N) is 1. The summed E-state index contributed by atoms with van der Waals surface area (Å²) in [7, 11) is 1.66. The van der Waals surface area contributed by atoms with Gasteiger partial charge in [-0.1, -0.05) is 24.8 Å². The maximum atomic E-state index is 5.14. The lowest BCUT2D eigenvalue weighted by atomic mass is 10.1. The van der Waals surface area contributed by atoms with Crippen LogP contribution in [0.25, 0.3) is 0 Å². The molecule has 0 aliphatic heterocycles. The van der Waals surface area contributed by atoms with Gasteiger partial charge in [0, 0.05) is 13.7 Å². The van der Waals surface area contributed by atoms with Crippen molar-refractivity contribution in [2.75, 3.05) is 20.2 Å². The van der Waals surface area contributed by atoms with Crippen molar-refractivity contribution >= 4 is 0 Å². The molecule has 0 saturated heterocycles. The van der Waals surface area contributed by atoms with Gasteiger partial charge in [-0.2, -0.15) is 0 Å². The Balaban J connectivity index is 3.78. The van der Waals surface area contributed by atoms with Crippen LogP contribution in [-0.4, -0.2) is 25.8 Å². The van der Waals surface area contributed by atoms with Gasteiger partial charge in [0.15, 0.2) is 0 Å². The van der Waals surface area contributed by atoms with Crippen LogP contribution in [0.2, 0.25) is 0 Å². The number of likely N-dealkylation sites (N-methyl/N-ethyl adjacent to an activating group) is 1. The van der Waals surface area contributed by atoms with Crippen molar-refractivity contribution in [1.82, 2.24) is 5.32 Å². The largest absolute Gasteiger partial charge is 0.366 e. The minimum atomic E-state index is -0.345. The molecule has 0 aliphatic carbocycles. The summed E-state index contributed by atoms with van der Waals surface area (Å²) >= 11 is 0. The van der Waals surface area contributed by atoms with E-state index in [4.69, 9.17) is 4.74 Å². The van der Waals surface area contributed by atoms with Crippen molar-refractivity contribution in [2.45, 2.75) is 26.4 Å². The predicted molar refractivity (Wildman–Crippen MR) is 56.5 cm³/mol. The summed E-state index contributed by atoms with van der Waals surface area (Å²) in [6.07, 6.45) is 3.85. The van der Waals surface area contributed by atoms with Gasteiger partial charge >= 0.3 is 0 Å². The molecule has 0 fully saturated rings. The molecule has 0 aromatic carbocycles. The molecule has 0 aliphatic rings. The van der Waals surface area contributed by atoms with Gasteiger partial charge in [0.2, 0.25) is 0 Å². The number of ether oxygens (including phenoxy) is 1. The van der Waals surface area contributed by atoms with Gasteiger partial charge in [-0.3, -0.25) is 0 Å². The molecular weight excluding hydrogens is 162 g/mol. The maximum absolute atomic E-state index is 5.14. The Kier molecular flexibility index (Phi) is 6.30. The zero-order valence-corrected chi connectivity index (χ0v) is 8.98. The Labute approximate surface area is 81.4 Å². The fraction of sp³-hybridized carbons (Fsp3) is 0.636. The van der Waals surface area contributed by atoms with Gasteiger partial charge in [-0.15, -0.1) is 0 Å². The number of rotatable bonds is 4. The summed E-state index contributed by atoms with van der Waals surface area (Å²) in [5, 5.41) is 3.17. The van der Waals surface area contributed by atoms with Crippen LogP contribution in [0, 0.1) is 11.8 Å². The van der Waals surface area contributed by atoms with Gasteiger partial charge in [-0.25, -0.2) is 0 Å². The van der Waals surface area contributed by atoms with E-state index in [0.29, 0.717) is 0 Å². The van der Waals surface area contributed by atoms with Crippen molar-refractivity contribution < 1.29 is 4.74 Å². The summed E-state index contributed by atoms with van der Waals surface area (Å²) in [6.45, 7) is 7.82. The Morgan fingerprint density at radius 1 is 1.46 bits per heavy atom. The molecule has 0 unspecified atom stereocenters. The van der Waals surface area contributed by atoms with E-state index >= 15 is 0 Å². The fourth-order valence-electron chi connectivity index (χ4n) is 0.612. The summed E-state index contributed by atoms with van der Waals surface area (Å²) in [5.74, 6) is 5.94. The molecule has 2 nitrogen and oxygen atoms in total. The molecule has 0 bridgehead atoms. The Morgan fingerprint density at radius 3 is 2.69 bits per heavy atom. The van der Waals surface area contributed by atoms with Crippen LogP contribution in [-0.2, 0) is 4.74 Å². The first-order valence-electron chi connectivity index (χ1n) is 4.56. The van der Waals surface area contributed by atoms with E-state index in [0.717, 1.165) is 13.1 Å². The summed E-state index contributed by atoms with van der Waals surface area (Å²) in [6, 6.07) is 0. The monoisotopic (exact) mass is 181 g/mol. The van der Waals surface area contributed by atoms with Crippen LogP contribution in [0.1, 0.15) is 20.8 Å². The van der Waals surface area contributed by atoms with Crippen LogP contribution >= 0.6 is 0 Å². The normalized spacial score (nSPS) is 11.4. The minimum absolute atomic E-state index is 0.345. The Hall–Kier alpha value is -0.780. The van der Waals surface area contributed by atoms with E-state index in [2.05, 4.69) is 24.1 Å². The standard InChI is InChI=1S/C11H19NO/c1-5-12-10-8-6-7-9-11(2,3)13-4/h6,8,12H,5,10H2,1-4H3/b8-6+. The molecule has 13 heavy (non-hydrogen) atoms. The maximum Gasteiger partial charge on any atom is 0.123 e. The van der Waals surface area contributed by atoms with Gasteiger partial charge in [0.1, 0.15) is 5.60 Å². The van der Waals surface area contributed by atoms with Crippen LogP contribution < -0.4 is 5.32 Å². The van der Waals surface area contributed by atoms with E-state index in [9.17, 15) is 0 Å². The predicted octanol–water partition coefficient (Wildman–Crippen LogP) is 1.58. The second-order valence-corrected chi connectivity index (χ2v) is 3.19. The molecule has 2 heteroatoms. The molecule has 0 heterocycles. The lowest BCUT2D eigenvalue weighted by molar-refractivity contribution is 0.0742. The molecule has 0 saturated carbocycles. The number of hydrogen-bond acceptors (Lipinski definition) is 2. The van der Waals surface area contributed by atoms with Crippen molar-refractivity contribution in [3.63, 3.8) is 0 Å². The number of hydrogen-bond donors (Lipinski definition) is 1. The first-order valence-corrected chi connectivity index (χ1v) is 4.56. The summed E-state index contributed by atoms with van der Waals surface area (Å²) in [5.41, 5.74) is -0.345. The quantitative estimate of drug-likeness (QED) is 0.525. The summed E-state index contributed by atoms with van der Waals surface area (Å²) in [4.78, 5) is 0. The number of allylic oxidation sites excluding steroid dienone is 1. The van der Waals surface area contributed by atoms with E-state index < -0.39 is 0 Å². The van der Waals surface area contributed by atoms with Crippen LogP contribution in [0.5, 0.6) is 0 Å². The minimum Gasteiger partial charge on any atom is -0.366 e. The molecule has 1 N–H and O–H groups in total. The van der Waals surface area contributed by atoms with Gasteiger partial charge in [0.05, 0.1) is 0 Å². The zero-order chi connectivity index (χ0) is 10.2. The average molecular weight is 181 g/mol. The SMILES string of the molecule is CCNC/C=C/C#CC(C)(C)OC. The highest BCUT2D eigenvalue weighted by molar-refractivity contribution is 5.21. The van der Waals surface area contributed by atoms with Crippen LogP contribution in [0.15, 0.2) is 12.2 Å². The van der Waals surface area contributed by atoms with E-state index in [1.165, 1.54) is 0 Å². The molecular formula is C11H19NO. The van der Waals surface area contributed by atoms with Gasteiger partial charge in [-0.05, 0) is 26.5 Å². The molecule has 0 aromatic rings. The number of methoxy groups -OCH3 is 1. The molecule has 0 atom stereocenters. The second kappa shape index (κ2) is 6.71. The van der Waals surface area contributed by atoms with Crippen molar-refractivity contribution in [2.24, 2.45) is 0 Å². The highest BCUT2D eigenvalue weighted by atomic mass is 16.5. The van der Waals surface area contributed by atoms with Crippen molar-refractivity contribution in [3.8, 4) is 11.8 Å². The first-order chi connectivity index (χ1) is 6.12. The third-order valence-electron chi connectivity index (χ3n) is 1.60. The molecule has 0 radical (unpaired) electrons. The van der Waals surface area contributed by atoms with E-state index in [1.54, 1.807) is 7.11 Å². The van der Waals surface area contributed by atoms with Crippen LogP contribution in [0.3, 0.4) is 0 Å².